The van der Waals surface area contributed by atoms with E-state index in [1.807, 2.05) is 12.1 Å². The first-order chi connectivity index (χ1) is 9.10. The van der Waals surface area contributed by atoms with E-state index in [9.17, 15) is 4.79 Å². The van der Waals surface area contributed by atoms with E-state index >= 15 is 0 Å². The second-order valence-corrected chi connectivity index (χ2v) is 5.66. The standard InChI is InChI=1S/C14H8BrNO2S/c15-12-6-9(8-16)4-5-13(12)19-11-3-1-2-10(7-11)14(17)18/h1-7H,(H,17,18). The third-order valence-corrected chi connectivity index (χ3v) is 4.35. The highest BCUT2D eigenvalue weighted by molar-refractivity contribution is 9.10. The minimum absolute atomic E-state index is 0.259. The lowest BCUT2D eigenvalue weighted by Crippen LogP contribution is -1.95. The van der Waals surface area contributed by atoms with Crippen LogP contribution in [0.3, 0.4) is 0 Å². The molecular weight excluding hydrogens is 326 g/mol. The molecule has 19 heavy (non-hydrogen) atoms. The molecule has 0 aromatic heterocycles. The van der Waals surface area contributed by atoms with E-state index in [-0.39, 0.29) is 5.56 Å². The molecule has 2 rings (SSSR count). The van der Waals surface area contributed by atoms with Crippen LogP contribution < -0.4 is 0 Å². The summed E-state index contributed by atoms with van der Waals surface area (Å²) in [4.78, 5) is 12.7. The van der Waals surface area contributed by atoms with Crippen LogP contribution in [0.25, 0.3) is 0 Å². The molecule has 2 aromatic rings. The van der Waals surface area contributed by atoms with Gasteiger partial charge in [0.05, 0.1) is 17.2 Å². The van der Waals surface area contributed by atoms with Crippen LogP contribution in [0.5, 0.6) is 0 Å². The Morgan fingerprint density at radius 2 is 2.05 bits per heavy atom. The molecule has 0 heterocycles. The van der Waals surface area contributed by atoms with Crippen molar-refractivity contribution in [1.29, 1.82) is 5.26 Å². The number of halogens is 1. The lowest BCUT2D eigenvalue weighted by molar-refractivity contribution is 0.0696. The molecule has 2 aromatic carbocycles. The third-order valence-electron chi connectivity index (χ3n) is 2.37. The summed E-state index contributed by atoms with van der Waals surface area (Å²) in [6, 6.07) is 14.1. The number of aromatic carboxylic acids is 1. The van der Waals surface area contributed by atoms with Crippen LogP contribution in [-0.4, -0.2) is 11.1 Å². The van der Waals surface area contributed by atoms with E-state index in [1.165, 1.54) is 11.8 Å². The fourth-order valence-corrected chi connectivity index (χ4v) is 2.97. The van der Waals surface area contributed by atoms with Crippen LogP contribution >= 0.6 is 27.7 Å². The van der Waals surface area contributed by atoms with Gasteiger partial charge in [-0.25, -0.2) is 4.79 Å². The van der Waals surface area contributed by atoms with Crippen molar-refractivity contribution >= 4 is 33.7 Å². The first kappa shape index (κ1) is 13.7. The van der Waals surface area contributed by atoms with Gasteiger partial charge in [-0.2, -0.15) is 5.26 Å². The van der Waals surface area contributed by atoms with Gasteiger partial charge in [-0.1, -0.05) is 17.8 Å². The van der Waals surface area contributed by atoms with Gasteiger partial charge in [-0.15, -0.1) is 0 Å². The number of nitrogens with zero attached hydrogens (tertiary/aromatic N) is 1. The fourth-order valence-electron chi connectivity index (χ4n) is 1.47. The molecule has 0 unspecified atom stereocenters. The van der Waals surface area contributed by atoms with Gasteiger partial charge in [0.25, 0.3) is 0 Å². The molecule has 0 spiro atoms. The Morgan fingerprint density at radius 3 is 2.68 bits per heavy atom. The number of carboxylic acid groups (broad SMARTS) is 1. The first-order valence-corrected chi connectivity index (χ1v) is 6.92. The molecule has 3 nitrogen and oxygen atoms in total. The second kappa shape index (κ2) is 5.91. The van der Waals surface area contributed by atoms with Crippen LogP contribution in [0.2, 0.25) is 0 Å². The van der Waals surface area contributed by atoms with Gasteiger partial charge in [-0.3, -0.25) is 0 Å². The van der Waals surface area contributed by atoms with Gasteiger partial charge < -0.3 is 5.11 Å². The van der Waals surface area contributed by atoms with Crippen LogP contribution in [-0.2, 0) is 0 Å². The smallest absolute Gasteiger partial charge is 0.335 e. The molecule has 94 valence electrons. The van der Waals surface area contributed by atoms with Crippen molar-refractivity contribution in [3.63, 3.8) is 0 Å². The average molecular weight is 334 g/mol. The van der Waals surface area contributed by atoms with Crippen LogP contribution in [0, 0.1) is 11.3 Å². The maximum atomic E-state index is 10.9. The molecule has 1 N–H and O–H groups in total. The molecule has 5 heteroatoms. The predicted molar refractivity (Wildman–Crippen MR) is 76.4 cm³/mol. The number of hydrogen-bond acceptors (Lipinski definition) is 3. The lowest BCUT2D eigenvalue weighted by Gasteiger charge is -2.05. The van der Waals surface area contributed by atoms with Crippen LogP contribution in [0.4, 0.5) is 0 Å². The molecule has 0 aliphatic carbocycles. The van der Waals surface area contributed by atoms with Crippen molar-refractivity contribution < 1.29 is 9.90 Å². The summed E-state index contributed by atoms with van der Waals surface area (Å²) in [5.74, 6) is -0.943. The van der Waals surface area contributed by atoms with Gasteiger partial charge in [0.2, 0.25) is 0 Å². The Balaban J connectivity index is 2.29. The van der Waals surface area contributed by atoms with Gasteiger partial charge >= 0.3 is 5.97 Å². The van der Waals surface area contributed by atoms with Gasteiger partial charge in [0.15, 0.2) is 0 Å². The number of carbonyl (C=O) groups is 1. The Labute approximate surface area is 123 Å². The number of nitriles is 1. The van der Waals surface area contributed by atoms with E-state index in [2.05, 4.69) is 22.0 Å². The Bertz CT molecular complexity index is 679. The van der Waals surface area contributed by atoms with E-state index in [0.717, 1.165) is 14.3 Å². The molecule has 0 bridgehead atoms. The largest absolute Gasteiger partial charge is 0.478 e. The van der Waals surface area contributed by atoms with E-state index in [1.54, 1.807) is 30.3 Å². The summed E-state index contributed by atoms with van der Waals surface area (Å²) in [5, 5.41) is 17.7. The van der Waals surface area contributed by atoms with Gasteiger partial charge in [0, 0.05) is 14.3 Å². The van der Waals surface area contributed by atoms with Crippen molar-refractivity contribution in [2.24, 2.45) is 0 Å². The monoisotopic (exact) mass is 333 g/mol. The molecule has 0 aliphatic heterocycles. The molecule has 0 atom stereocenters. The molecule has 0 saturated carbocycles. The normalized spacial score (nSPS) is 9.89. The highest BCUT2D eigenvalue weighted by atomic mass is 79.9. The maximum absolute atomic E-state index is 10.9. The summed E-state index contributed by atoms with van der Waals surface area (Å²) in [5.41, 5.74) is 0.838. The lowest BCUT2D eigenvalue weighted by atomic mass is 10.2. The summed E-state index contributed by atoms with van der Waals surface area (Å²) in [7, 11) is 0. The van der Waals surface area contributed by atoms with Crippen molar-refractivity contribution in [2.45, 2.75) is 9.79 Å². The Hall–Kier alpha value is -1.77. The molecule has 0 saturated heterocycles. The van der Waals surface area contributed by atoms with Gasteiger partial charge in [0.1, 0.15) is 0 Å². The zero-order chi connectivity index (χ0) is 13.8. The molecule has 0 fully saturated rings. The van der Waals surface area contributed by atoms with E-state index in [0.29, 0.717) is 5.56 Å². The Morgan fingerprint density at radius 1 is 1.26 bits per heavy atom. The number of hydrogen-bond donors (Lipinski definition) is 1. The SMILES string of the molecule is N#Cc1ccc(Sc2cccc(C(=O)O)c2)c(Br)c1. The van der Waals surface area contributed by atoms with E-state index < -0.39 is 5.97 Å². The fraction of sp³-hybridized carbons (Fsp3) is 0. The highest BCUT2D eigenvalue weighted by Crippen LogP contribution is 2.34. The maximum Gasteiger partial charge on any atom is 0.335 e. The van der Waals surface area contributed by atoms with Crippen molar-refractivity contribution in [2.75, 3.05) is 0 Å². The number of benzene rings is 2. The minimum Gasteiger partial charge on any atom is -0.478 e. The van der Waals surface area contributed by atoms with Crippen LogP contribution in [0.15, 0.2) is 56.7 Å². The zero-order valence-corrected chi connectivity index (χ0v) is 12.0. The molecular formula is C14H8BrNO2S. The minimum atomic E-state index is -0.943. The molecule has 0 aliphatic rings. The topological polar surface area (TPSA) is 61.1 Å². The summed E-state index contributed by atoms with van der Waals surface area (Å²) < 4.78 is 0.817. The first-order valence-electron chi connectivity index (χ1n) is 5.31. The van der Waals surface area contributed by atoms with Crippen molar-refractivity contribution in [3.05, 3.63) is 58.1 Å². The van der Waals surface area contributed by atoms with Crippen molar-refractivity contribution in [3.8, 4) is 6.07 Å². The Kier molecular flexibility index (Phi) is 4.25. The highest BCUT2D eigenvalue weighted by Gasteiger charge is 2.07. The summed E-state index contributed by atoms with van der Waals surface area (Å²) in [6.45, 7) is 0. The van der Waals surface area contributed by atoms with Gasteiger partial charge in [-0.05, 0) is 52.3 Å². The van der Waals surface area contributed by atoms with Crippen molar-refractivity contribution in [1.82, 2.24) is 0 Å². The van der Waals surface area contributed by atoms with Crippen LogP contribution in [0.1, 0.15) is 15.9 Å². The molecule has 0 radical (unpaired) electrons. The quantitative estimate of drug-likeness (QED) is 0.915. The molecule has 0 amide bonds. The number of rotatable bonds is 3. The van der Waals surface area contributed by atoms with E-state index in [4.69, 9.17) is 10.4 Å². The third kappa shape index (κ3) is 3.37. The summed E-state index contributed by atoms with van der Waals surface area (Å²) >= 11 is 4.85. The number of carboxylic acids is 1. The summed E-state index contributed by atoms with van der Waals surface area (Å²) in [6.07, 6.45) is 0. The second-order valence-electron chi connectivity index (χ2n) is 3.69. The zero-order valence-electron chi connectivity index (χ0n) is 9.63. The average Bonchev–Trinajstić information content (AvgIpc) is 2.41. The predicted octanol–water partition coefficient (Wildman–Crippen LogP) is 4.17.